The summed E-state index contributed by atoms with van der Waals surface area (Å²) in [6, 6.07) is 2.05. The number of rotatable bonds is 0. The maximum atomic E-state index is 4.34. The molecule has 0 atom stereocenters. The van der Waals surface area contributed by atoms with Crippen LogP contribution in [-0.4, -0.2) is 14.5 Å². The van der Waals surface area contributed by atoms with Gasteiger partial charge < -0.3 is 4.57 Å². The Morgan fingerprint density at radius 3 is 2.83 bits per heavy atom. The molecule has 2 heterocycles. The molecule has 0 radical (unpaired) electrons. The number of hydrogen-bond donors (Lipinski definition) is 0. The number of pyridine rings is 1. The van der Waals surface area contributed by atoms with E-state index in [4.69, 9.17) is 0 Å². The van der Waals surface area contributed by atoms with Crippen LogP contribution in [0.25, 0.3) is 11.0 Å². The van der Waals surface area contributed by atoms with E-state index in [9.17, 15) is 0 Å². The Morgan fingerprint density at radius 1 is 1.33 bits per heavy atom. The Morgan fingerprint density at radius 2 is 2.08 bits per heavy atom. The van der Waals surface area contributed by atoms with Crippen LogP contribution in [0, 0.1) is 13.8 Å². The maximum Gasteiger partial charge on any atom is 0.110 e. The van der Waals surface area contributed by atoms with Gasteiger partial charge in [0.2, 0.25) is 0 Å². The lowest BCUT2D eigenvalue weighted by Gasteiger charge is -1.98. The molecule has 0 bridgehead atoms. The minimum Gasteiger partial charge on any atom is -0.334 e. The number of aryl methyl sites for hydroxylation is 3. The summed E-state index contributed by atoms with van der Waals surface area (Å²) in [5.74, 6) is 0. The fourth-order valence-electron chi connectivity index (χ4n) is 1.44. The van der Waals surface area contributed by atoms with Gasteiger partial charge in [0.15, 0.2) is 0 Å². The summed E-state index contributed by atoms with van der Waals surface area (Å²) < 4.78 is 2.01. The molecule has 0 fully saturated rings. The van der Waals surface area contributed by atoms with Gasteiger partial charge in [-0.2, -0.15) is 0 Å². The molecular weight excluding hydrogens is 150 g/mol. The lowest BCUT2D eigenvalue weighted by Crippen LogP contribution is -1.90. The number of fused-ring (bicyclic) bond motifs is 1. The zero-order valence-corrected chi connectivity index (χ0v) is 7.50. The third kappa shape index (κ3) is 0.897. The molecule has 0 amide bonds. The predicted molar refractivity (Wildman–Crippen MR) is 48.0 cm³/mol. The van der Waals surface area contributed by atoms with Gasteiger partial charge in [-0.25, -0.2) is 4.98 Å². The summed E-state index contributed by atoms with van der Waals surface area (Å²) in [4.78, 5) is 8.60. The molecule has 2 aromatic heterocycles. The Balaban J connectivity index is 2.92. The summed E-state index contributed by atoms with van der Waals surface area (Å²) in [5.41, 5.74) is 4.21. The van der Waals surface area contributed by atoms with Crippen LogP contribution in [0.4, 0.5) is 0 Å². The first-order valence-corrected chi connectivity index (χ1v) is 3.94. The molecule has 0 aromatic carbocycles. The first kappa shape index (κ1) is 7.28. The summed E-state index contributed by atoms with van der Waals surface area (Å²) in [6.07, 6.45) is 1.82. The molecule has 0 N–H and O–H groups in total. The minimum absolute atomic E-state index is 1.00. The predicted octanol–water partition coefficient (Wildman–Crippen LogP) is 1.59. The lowest BCUT2D eigenvalue weighted by molar-refractivity contribution is 0.946. The molecule has 2 rings (SSSR count). The Hall–Kier alpha value is -1.38. The molecule has 62 valence electrons. The molecule has 2 aromatic rings. The Labute approximate surface area is 71.1 Å². The second kappa shape index (κ2) is 2.30. The highest BCUT2D eigenvalue weighted by atomic mass is 15.0. The SMILES string of the molecule is Cc1cc2c(ncn2C)c(C)n1. The number of hydrogen-bond acceptors (Lipinski definition) is 2. The van der Waals surface area contributed by atoms with Crippen molar-refractivity contribution in [2.75, 3.05) is 0 Å². The minimum atomic E-state index is 1.00. The van der Waals surface area contributed by atoms with Crippen LogP contribution in [0.15, 0.2) is 12.4 Å². The maximum absolute atomic E-state index is 4.34. The van der Waals surface area contributed by atoms with E-state index in [-0.39, 0.29) is 0 Å². The van der Waals surface area contributed by atoms with Crippen LogP contribution in [0.5, 0.6) is 0 Å². The molecule has 0 aliphatic rings. The smallest absolute Gasteiger partial charge is 0.110 e. The fourth-order valence-corrected chi connectivity index (χ4v) is 1.44. The summed E-state index contributed by atoms with van der Waals surface area (Å²) in [7, 11) is 1.99. The van der Waals surface area contributed by atoms with Crippen molar-refractivity contribution in [1.29, 1.82) is 0 Å². The van der Waals surface area contributed by atoms with Crippen molar-refractivity contribution in [1.82, 2.24) is 14.5 Å². The zero-order chi connectivity index (χ0) is 8.72. The molecule has 0 unspecified atom stereocenters. The van der Waals surface area contributed by atoms with Crippen LogP contribution >= 0.6 is 0 Å². The number of nitrogens with zero attached hydrogens (tertiary/aromatic N) is 3. The van der Waals surface area contributed by atoms with Crippen molar-refractivity contribution in [3.63, 3.8) is 0 Å². The van der Waals surface area contributed by atoms with Gasteiger partial charge in [0.1, 0.15) is 5.52 Å². The van der Waals surface area contributed by atoms with Gasteiger partial charge in [-0.3, -0.25) is 4.98 Å². The third-order valence-corrected chi connectivity index (χ3v) is 2.02. The monoisotopic (exact) mass is 161 g/mol. The van der Waals surface area contributed by atoms with Gasteiger partial charge in [0.05, 0.1) is 17.5 Å². The van der Waals surface area contributed by atoms with E-state index < -0.39 is 0 Å². The second-order valence-electron chi connectivity index (χ2n) is 3.07. The van der Waals surface area contributed by atoms with E-state index in [1.165, 1.54) is 0 Å². The molecule has 3 nitrogen and oxygen atoms in total. The van der Waals surface area contributed by atoms with Crippen LogP contribution in [0.3, 0.4) is 0 Å². The largest absolute Gasteiger partial charge is 0.334 e. The Kier molecular flexibility index (Phi) is 1.40. The third-order valence-electron chi connectivity index (χ3n) is 2.02. The van der Waals surface area contributed by atoms with E-state index >= 15 is 0 Å². The van der Waals surface area contributed by atoms with E-state index in [0.717, 1.165) is 22.4 Å². The average Bonchev–Trinajstić information content (AvgIpc) is 2.33. The van der Waals surface area contributed by atoms with Gasteiger partial charge in [0.25, 0.3) is 0 Å². The van der Waals surface area contributed by atoms with E-state index in [0.29, 0.717) is 0 Å². The summed E-state index contributed by atoms with van der Waals surface area (Å²) in [5, 5.41) is 0. The zero-order valence-electron chi connectivity index (χ0n) is 7.50. The van der Waals surface area contributed by atoms with E-state index in [1.54, 1.807) is 0 Å². The van der Waals surface area contributed by atoms with Crippen molar-refractivity contribution in [3.05, 3.63) is 23.8 Å². The van der Waals surface area contributed by atoms with Crippen LogP contribution in [-0.2, 0) is 7.05 Å². The lowest BCUT2D eigenvalue weighted by atomic mass is 10.3. The van der Waals surface area contributed by atoms with E-state index in [2.05, 4.69) is 16.0 Å². The van der Waals surface area contributed by atoms with Crippen molar-refractivity contribution in [2.45, 2.75) is 13.8 Å². The fraction of sp³-hybridized carbons (Fsp3) is 0.333. The number of aromatic nitrogens is 3. The van der Waals surface area contributed by atoms with E-state index in [1.807, 2.05) is 31.8 Å². The average molecular weight is 161 g/mol. The highest BCUT2D eigenvalue weighted by Gasteiger charge is 2.03. The van der Waals surface area contributed by atoms with Gasteiger partial charge in [-0.1, -0.05) is 0 Å². The first-order valence-electron chi connectivity index (χ1n) is 3.94. The molecule has 12 heavy (non-hydrogen) atoms. The Bertz CT molecular complexity index is 429. The molecular formula is C9H11N3. The molecule has 0 aliphatic heterocycles. The molecule has 0 aliphatic carbocycles. The highest BCUT2D eigenvalue weighted by Crippen LogP contribution is 2.14. The van der Waals surface area contributed by atoms with Crippen molar-refractivity contribution < 1.29 is 0 Å². The summed E-state index contributed by atoms with van der Waals surface area (Å²) >= 11 is 0. The van der Waals surface area contributed by atoms with Crippen molar-refractivity contribution in [3.8, 4) is 0 Å². The van der Waals surface area contributed by atoms with Gasteiger partial charge in [-0.05, 0) is 19.9 Å². The quantitative estimate of drug-likeness (QED) is 0.587. The molecule has 0 spiro atoms. The first-order chi connectivity index (χ1) is 5.68. The van der Waals surface area contributed by atoms with Gasteiger partial charge >= 0.3 is 0 Å². The standard InChI is InChI=1S/C9H11N3/c1-6-4-8-9(7(2)11-6)10-5-12(8)3/h4-5H,1-3H3. The molecule has 0 saturated carbocycles. The molecule has 3 heteroatoms. The summed E-state index contributed by atoms with van der Waals surface area (Å²) in [6.45, 7) is 3.99. The van der Waals surface area contributed by atoms with Crippen molar-refractivity contribution in [2.24, 2.45) is 7.05 Å². The molecule has 0 saturated heterocycles. The highest BCUT2D eigenvalue weighted by molar-refractivity contribution is 5.77. The van der Waals surface area contributed by atoms with Crippen molar-refractivity contribution >= 4 is 11.0 Å². The van der Waals surface area contributed by atoms with Crippen LogP contribution in [0.1, 0.15) is 11.4 Å². The second-order valence-corrected chi connectivity index (χ2v) is 3.07. The normalized spacial score (nSPS) is 10.9. The topological polar surface area (TPSA) is 30.7 Å². The van der Waals surface area contributed by atoms with Crippen LogP contribution < -0.4 is 0 Å². The number of imidazole rings is 1. The van der Waals surface area contributed by atoms with Gasteiger partial charge in [-0.15, -0.1) is 0 Å². The van der Waals surface area contributed by atoms with Gasteiger partial charge in [0, 0.05) is 12.7 Å². The van der Waals surface area contributed by atoms with Crippen LogP contribution in [0.2, 0.25) is 0 Å².